The number of aryl methyl sites for hydroxylation is 1. The molecular weight excluding hydrogens is 194 g/mol. The number of nitrogens with zero attached hydrogens (tertiary/aromatic N) is 1. The van der Waals surface area contributed by atoms with Crippen molar-refractivity contribution in [3.63, 3.8) is 0 Å². The zero-order valence-corrected chi connectivity index (χ0v) is 9.88. The van der Waals surface area contributed by atoms with Gasteiger partial charge in [-0.2, -0.15) is 0 Å². The zero-order chi connectivity index (χ0) is 10.6. The lowest BCUT2D eigenvalue weighted by atomic mass is 10.1. The Morgan fingerprint density at radius 1 is 1.29 bits per heavy atom. The van der Waals surface area contributed by atoms with Crippen LogP contribution in [0.2, 0.25) is 0 Å². The van der Waals surface area contributed by atoms with E-state index in [2.05, 4.69) is 50.1 Å². The van der Waals surface area contributed by atoms with E-state index in [9.17, 15) is 0 Å². The number of alkyl halides is 1. The quantitative estimate of drug-likeness (QED) is 0.691. The highest BCUT2D eigenvalue weighted by Crippen LogP contribution is 2.15. The molecule has 0 saturated heterocycles. The van der Waals surface area contributed by atoms with E-state index in [1.807, 2.05) is 0 Å². The van der Waals surface area contributed by atoms with Crippen LogP contribution in [0.15, 0.2) is 24.3 Å². The molecule has 1 unspecified atom stereocenters. The predicted molar refractivity (Wildman–Crippen MR) is 64.3 cm³/mol. The minimum atomic E-state index is 0.531. The van der Waals surface area contributed by atoms with E-state index < -0.39 is 0 Å². The first-order valence-electron chi connectivity index (χ1n) is 4.97. The van der Waals surface area contributed by atoms with E-state index in [1.54, 1.807) is 0 Å². The third-order valence-electron chi connectivity index (χ3n) is 2.32. The molecule has 0 N–H and O–H groups in total. The van der Waals surface area contributed by atoms with Crippen LogP contribution in [0.5, 0.6) is 0 Å². The average molecular weight is 212 g/mol. The van der Waals surface area contributed by atoms with E-state index in [4.69, 9.17) is 11.6 Å². The van der Waals surface area contributed by atoms with Gasteiger partial charge in [-0.05, 0) is 25.0 Å². The Balaban J connectivity index is 2.60. The lowest BCUT2D eigenvalue weighted by molar-refractivity contribution is 0.645. The molecular formula is C12H18ClN. The van der Waals surface area contributed by atoms with Crippen molar-refractivity contribution in [2.75, 3.05) is 24.4 Å². The summed E-state index contributed by atoms with van der Waals surface area (Å²) in [7, 11) is 2.10. The Labute approximate surface area is 91.7 Å². The van der Waals surface area contributed by atoms with Crippen LogP contribution in [0.1, 0.15) is 12.5 Å². The summed E-state index contributed by atoms with van der Waals surface area (Å²) in [6.45, 7) is 5.27. The third-order valence-corrected chi connectivity index (χ3v) is 2.85. The van der Waals surface area contributed by atoms with Crippen molar-refractivity contribution in [3.8, 4) is 0 Å². The van der Waals surface area contributed by atoms with Crippen LogP contribution in [0.3, 0.4) is 0 Å². The van der Waals surface area contributed by atoms with Crippen molar-refractivity contribution in [2.45, 2.75) is 13.8 Å². The summed E-state index contributed by atoms with van der Waals surface area (Å²) >= 11 is 5.78. The number of rotatable bonds is 4. The average Bonchev–Trinajstić information content (AvgIpc) is 2.18. The summed E-state index contributed by atoms with van der Waals surface area (Å²) in [5, 5.41) is 0. The minimum absolute atomic E-state index is 0.531. The molecule has 0 heterocycles. The van der Waals surface area contributed by atoms with Gasteiger partial charge in [-0.25, -0.2) is 0 Å². The summed E-state index contributed by atoms with van der Waals surface area (Å²) in [5.41, 5.74) is 2.56. The molecule has 0 aromatic heterocycles. The molecule has 1 aromatic carbocycles. The Kier molecular flexibility index (Phi) is 4.27. The first kappa shape index (κ1) is 11.4. The summed E-state index contributed by atoms with van der Waals surface area (Å²) in [6.07, 6.45) is 0. The van der Waals surface area contributed by atoms with E-state index in [0.29, 0.717) is 5.92 Å². The van der Waals surface area contributed by atoms with Gasteiger partial charge >= 0.3 is 0 Å². The summed E-state index contributed by atoms with van der Waals surface area (Å²) in [5.74, 6) is 1.25. The molecule has 0 amide bonds. The van der Waals surface area contributed by atoms with Crippen LogP contribution in [0, 0.1) is 12.8 Å². The maximum absolute atomic E-state index is 5.78. The van der Waals surface area contributed by atoms with Crippen molar-refractivity contribution >= 4 is 17.3 Å². The van der Waals surface area contributed by atoms with Gasteiger partial charge in [-0.15, -0.1) is 11.6 Å². The van der Waals surface area contributed by atoms with Crippen molar-refractivity contribution in [2.24, 2.45) is 5.92 Å². The molecule has 1 atom stereocenters. The second-order valence-corrected chi connectivity index (χ2v) is 4.28. The number of halogens is 1. The lowest BCUT2D eigenvalue weighted by Crippen LogP contribution is -2.24. The van der Waals surface area contributed by atoms with Gasteiger partial charge in [0, 0.05) is 25.2 Å². The highest BCUT2D eigenvalue weighted by Gasteiger charge is 2.05. The first-order valence-corrected chi connectivity index (χ1v) is 5.50. The van der Waals surface area contributed by atoms with E-state index in [-0.39, 0.29) is 0 Å². The largest absolute Gasteiger partial charge is 0.374 e. The predicted octanol–water partition coefficient (Wildman–Crippen LogP) is 3.31. The molecule has 0 aliphatic rings. The Morgan fingerprint density at radius 2 is 1.86 bits per heavy atom. The second-order valence-electron chi connectivity index (χ2n) is 3.98. The van der Waals surface area contributed by atoms with Crippen molar-refractivity contribution in [1.29, 1.82) is 0 Å². The molecule has 78 valence electrons. The molecule has 0 aliphatic heterocycles. The topological polar surface area (TPSA) is 3.24 Å². The van der Waals surface area contributed by atoms with Gasteiger partial charge in [0.25, 0.3) is 0 Å². The summed E-state index contributed by atoms with van der Waals surface area (Å²) < 4.78 is 0. The molecule has 1 aromatic rings. The van der Waals surface area contributed by atoms with Crippen molar-refractivity contribution in [3.05, 3.63) is 29.8 Å². The minimum Gasteiger partial charge on any atom is -0.374 e. The van der Waals surface area contributed by atoms with Gasteiger partial charge in [-0.3, -0.25) is 0 Å². The first-order chi connectivity index (χ1) is 6.63. The van der Waals surface area contributed by atoms with Crippen LogP contribution in [0.4, 0.5) is 5.69 Å². The maximum atomic E-state index is 5.78. The fourth-order valence-electron chi connectivity index (χ4n) is 1.42. The van der Waals surface area contributed by atoms with E-state index in [0.717, 1.165) is 12.4 Å². The van der Waals surface area contributed by atoms with Crippen LogP contribution in [0.25, 0.3) is 0 Å². The molecule has 0 fully saturated rings. The van der Waals surface area contributed by atoms with Crippen LogP contribution >= 0.6 is 11.6 Å². The molecule has 0 radical (unpaired) electrons. The Bertz CT molecular complexity index is 268. The smallest absolute Gasteiger partial charge is 0.0363 e. The second kappa shape index (κ2) is 5.26. The number of hydrogen-bond acceptors (Lipinski definition) is 1. The van der Waals surface area contributed by atoms with E-state index >= 15 is 0 Å². The molecule has 0 spiro atoms. The van der Waals surface area contributed by atoms with Crippen molar-refractivity contribution < 1.29 is 0 Å². The molecule has 2 heteroatoms. The molecule has 0 aliphatic carbocycles. The summed E-state index contributed by atoms with van der Waals surface area (Å²) in [6, 6.07) is 8.57. The fourth-order valence-corrected chi connectivity index (χ4v) is 1.52. The molecule has 0 saturated carbocycles. The van der Waals surface area contributed by atoms with Crippen molar-refractivity contribution in [1.82, 2.24) is 0 Å². The maximum Gasteiger partial charge on any atom is 0.0363 e. The zero-order valence-electron chi connectivity index (χ0n) is 9.13. The number of hydrogen-bond donors (Lipinski definition) is 0. The van der Waals surface area contributed by atoms with Gasteiger partial charge in [0.1, 0.15) is 0 Å². The highest BCUT2D eigenvalue weighted by molar-refractivity contribution is 6.18. The SMILES string of the molecule is Cc1ccc(N(C)CC(C)CCl)cc1. The van der Waals surface area contributed by atoms with Crippen LogP contribution < -0.4 is 4.90 Å². The van der Waals surface area contributed by atoms with Crippen LogP contribution in [-0.2, 0) is 0 Å². The van der Waals surface area contributed by atoms with Gasteiger partial charge in [0.2, 0.25) is 0 Å². The Morgan fingerprint density at radius 3 is 2.36 bits per heavy atom. The Hall–Kier alpha value is -0.690. The van der Waals surface area contributed by atoms with Gasteiger partial charge in [0.15, 0.2) is 0 Å². The fraction of sp³-hybridized carbons (Fsp3) is 0.500. The normalized spacial score (nSPS) is 12.6. The van der Waals surface area contributed by atoms with E-state index in [1.165, 1.54) is 11.3 Å². The molecule has 0 bridgehead atoms. The molecule has 1 nitrogen and oxygen atoms in total. The highest BCUT2D eigenvalue weighted by atomic mass is 35.5. The van der Waals surface area contributed by atoms with Gasteiger partial charge < -0.3 is 4.90 Å². The van der Waals surface area contributed by atoms with Gasteiger partial charge in [-0.1, -0.05) is 24.6 Å². The number of benzene rings is 1. The lowest BCUT2D eigenvalue weighted by Gasteiger charge is -2.22. The number of anilines is 1. The standard InChI is InChI=1S/C12H18ClN/c1-10-4-6-12(7-5-10)14(3)9-11(2)8-13/h4-7,11H,8-9H2,1-3H3. The molecule has 14 heavy (non-hydrogen) atoms. The molecule has 1 rings (SSSR count). The van der Waals surface area contributed by atoms with Gasteiger partial charge in [0.05, 0.1) is 0 Å². The monoisotopic (exact) mass is 211 g/mol. The van der Waals surface area contributed by atoms with Crippen LogP contribution in [-0.4, -0.2) is 19.5 Å². The summed E-state index contributed by atoms with van der Waals surface area (Å²) in [4.78, 5) is 2.24. The third kappa shape index (κ3) is 3.22.